The lowest BCUT2D eigenvalue weighted by Crippen LogP contribution is -2.42. The van der Waals surface area contributed by atoms with Crippen molar-refractivity contribution < 1.29 is 4.79 Å². The third-order valence-electron chi connectivity index (χ3n) is 3.48. The molecule has 1 amide bonds. The SMILES string of the molecule is C=CCN1CN=C(Sc2ccc(Br)cc2)N=C1C(=O)Nc1ccccc1. The molecule has 7 heteroatoms. The van der Waals surface area contributed by atoms with Crippen molar-refractivity contribution in [2.24, 2.45) is 9.98 Å². The number of halogens is 1. The van der Waals surface area contributed by atoms with E-state index in [1.165, 1.54) is 11.8 Å². The number of benzene rings is 2. The number of thioether (sulfide) groups is 1. The molecular weight excluding hydrogens is 412 g/mol. The highest BCUT2D eigenvalue weighted by atomic mass is 79.9. The predicted molar refractivity (Wildman–Crippen MR) is 112 cm³/mol. The maximum atomic E-state index is 12.7. The van der Waals surface area contributed by atoms with Crippen LogP contribution in [0, 0.1) is 0 Å². The van der Waals surface area contributed by atoms with Gasteiger partial charge in [-0.05, 0) is 36.4 Å². The molecule has 0 spiro atoms. The summed E-state index contributed by atoms with van der Waals surface area (Å²) in [6.45, 7) is 4.61. The Balaban J connectivity index is 1.79. The highest BCUT2D eigenvalue weighted by molar-refractivity contribution is 9.10. The number of amidine groups is 2. The Morgan fingerprint density at radius 1 is 1.23 bits per heavy atom. The van der Waals surface area contributed by atoms with E-state index in [4.69, 9.17) is 0 Å². The van der Waals surface area contributed by atoms with Gasteiger partial charge in [0.2, 0.25) is 0 Å². The average Bonchev–Trinajstić information content (AvgIpc) is 2.66. The molecule has 3 rings (SSSR count). The molecule has 0 saturated carbocycles. The van der Waals surface area contributed by atoms with E-state index in [1.54, 1.807) is 11.0 Å². The van der Waals surface area contributed by atoms with Crippen LogP contribution >= 0.6 is 27.7 Å². The molecule has 1 aliphatic heterocycles. The third-order valence-corrected chi connectivity index (χ3v) is 4.92. The predicted octanol–water partition coefficient (Wildman–Crippen LogP) is 4.39. The second-order valence-corrected chi connectivity index (χ2v) is 7.36. The molecule has 132 valence electrons. The smallest absolute Gasteiger partial charge is 0.291 e. The van der Waals surface area contributed by atoms with E-state index in [2.05, 4.69) is 37.8 Å². The minimum absolute atomic E-state index is 0.262. The molecule has 0 atom stereocenters. The number of rotatable bonds is 5. The fourth-order valence-electron chi connectivity index (χ4n) is 2.28. The number of anilines is 1. The van der Waals surface area contributed by atoms with Crippen LogP contribution in [-0.2, 0) is 4.79 Å². The fraction of sp³-hybridized carbons (Fsp3) is 0.105. The Labute approximate surface area is 165 Å². The Morgan fingerprint density at radius 2 is 1.96 bits per heavy atom. The van der Waals surface area contributed by atoms with Gasteiger partial charge in [-0.3, -0.25) is 4.79 Å². The second-order valence-electron chi connectivity index (χ2n) is 5.40. The van der Waals surface area contributed by atoms with Crippen LogP contribution in [0.3, 0.4) is 0 Å². The molecule has 0 bridgehead atoms. The monoisotopic (exact) mass is 428 g/mol. The van der Waals surface area contributed by atoms with Crippen LogP contribution in [0.25, 0.3) is 0 Å². The van der Waals surface area contributed by atoms with Crippen molar-refractivity contribution in [3.8, 4) is 0 Å². The summed E-state index contributed by atoms with van der Waals surface area (Å²) in [6.07, 6.45) is 1.73. The molecule has 1 N–H and O–H groups in total. The van der Waals surface area contributed by atoms with Gasteiger partial charge in [0, 0.05) is 21.6 Å². The molecule has 2 aromatic carbocycles. The molecule has 0 saturated heterocycles. The van der Waals surface area contributed by atoms with Gasteiger partial charge in [-0.1, -0.05) is 52.0 Å². The Kier molecular flexibility index (Phi) is 6.25. The van der Waals surface area contributed by atoms with Gasteiger partial charge >= 0.3 is 0 Å². The number of amides is 1. The largest absolute Gasteiger partial charge is 0.329 e. The number of nitrogens with zero attached hydrogens (tertiary/aromatic N) is 3. The summed E-state index contributed by atoms with van der Waals surface area (Å²) in [6, 6.07) is 17.2. The van der Waals surface area contributed by atoms with E-state index in [-0.39, 0.29) is 5.91 Å². The summed E-state index contributed by atoms with van der Waals surface area (Å²) in [5, 5.41) is 3.44. The lowest BCUT2D eigenvalue weighted by atomic mass is 10.3. The molecular formula is C19H17BrN4OS. The van der Waals surface area contributed by atoms with Crippen LogP contribution in [0.2, 0.25) is 0 Å². The zero-order valence-corrected chi connectivity index (χ0v) is 16.3. The molecule has 0 aromatic heterocycles. The van der Waals surface area contributed by atoms with Crippen LogP contribution < -0.4 is 5.32 Å². The Morgan fingerprint density at radius 3 is 2.65 bits per heavy atom. The molecule has 5 nitrogen and oxygen atoms in total. The summed E-state index contributed by atoms with van der Waals surface area (Å²) in [5.74, 6) is 0.0743. The number of hydrogen-bond acceptors (Lipinski definition) is 5. The number of carbonyl (C=O) groups excluding carboxylic acids is 1. The van der Waals surface area contributed by atoms with Crippen molar-refractivity contribution in [2.45, 2.75) is 4.90 Å². The zero-order valence-electron chi connectivity index (χ0n) is 13.9. The third kappa shape index (κ3) is 4.83. The summed E-state index contributed by atoms with van der Waals surface area (Å²) in [5.41, 5.74) is 0.725. The van der Waals surface area contributed by atoms with E-state index in [0.717, 1.165) is 15.1 Å². The Hall–Kier alpha value is -2.38. The molecule has 1 heterocycles. The van der Waals surface area contributed by atoms with E-state index in [1.807, 2.05) is 54.6 Å². The van der Waals surface area contributed by atoms with Gasteiger partial charge in [-0.15, -0.1) is 6.58 Å². The van der Waals surface area contributed by atoms with E-state index in [0.29, 0.717) is 24.2 Å². The topological polar surface area (TPSA) is 57.1 Å². The van der Waals surface area contributed by atoms with Crippen LogP contribution in [0.15, 0.2) is 86.6 Å². The summed E-state index contributed by atoms with van der Waals surface area (Å²) in [7, 11) is 0. The van der Waals surface area contributed by atoms with Crippen LogP contribution in [0.1, 0.15) is 0 Å². The van der Waals surface area contributed by atoms with Crippen molar-refractivity contribution in [1.29, 1.82) is 0 Å². The lowest BCUT2D eigenvalue weighted by Gasteiger charge is -2.25. The number of carbonyl (C=O) groups is 1. The van der Waals surface area contributed by atoms with Crippen LogP contribution in [0.5, 0.6) is 0 Å². The van der Waals surface area contributed by atoms with E-state index >= 15 is 0 Å². The first-order chi connectivity index (χ1) is 12.7. The number of hydrogen-bond donors (Lipinski definition) is 1. The van der Waals surface area contributed by atoms with Gasteiger partial charge in [-0.25, -0.2) is 4.99 Å². The first kappa shape index (κ1) is 18.4. The minimum Gasteiger partial charge on any atom is -0.329 e. The van der Waals surface area contributed by atoms with Crippen molar-refractivity contribution in [1.82, 2.24) is 4.90 Å². The molecule has 2 aromatic rings. The average molecular weight is 429 g/mol. The minimum atomic E-state index is -0.262. The van der Waals surface area contributed by atoms with Crippen LogP contribution in [-0.4, -0.2) is 35.0 Å². The number of aliphatic imine (C=N–C) groups is 2. The second kappa shape index (κ2) is 8.82. The molecule has 0 fully saturated rings. The van der Waals surface area contributed by atoms with Crippen LogP contribution in [0.4, 0.5) is 5.69 Å². The first-order valence-corrected chi connectivity index (χ1v) is 9.55. The normalized spacial score (nSPS) is 13.7. The fourth-order valence-corrected chi connectivity index (χ4v) is 3.28. The van der Waals surface area contributed by atoms with Crippen molar-refractivity contribution in [3.05, 3.63) is 71.7 Å². The van der Waals surface area contributed by atoms with Gasteiger partial charge in [0.1, 0.15) is 6.67 Å². The Bertz CT molecular complexity index is 850. The highest BCUT2D eigenvalue weighted by Crippen LogP contribution is 2.24. The molecule has 0 aliphatic carbocycles. The maximum Gasteiger partial charge on any atom is 0.291 e. The molecule has 0 radical (unpaired) electrons. The van der Waals surface area contributed by atoms with Gasteiger partial charge in [0.25, 0.3) is 5.91 Å². The number of para-hydroxylation sites is 1. The summed E-state index contributed by atoms with van der Waals surface area (Å²) >= 11 is 4.85. The van der Waals surface area contributed by atoms with Gasteiger partial charge in [0.15, 0.2) is 11.0 Å². The van der Waals surface area contributed by atoms with Crippen molar-refractivity contribution >= 4 is 50.3 Å². The maximum absolute atomic E-state index is 12.7. The van der Waals surface area contributed by atoms with Crippen molar-refractivity contribution in [2.75, 3.05) is 18.5 Å². The zero-order chi connectivity index (χ0) is 18.4. The van der Waals surface area contributed by atoms with E-state index in [9.17, 15) is 4.79 Å². The molecule has 26 heavy (non-hydrogen) atoms. The first-order valence-electron chi connectivity index (χ1n) is 7.94. The van der Waals surface area contributed by atoms with Gasteiger partial charge in [-0.2, -0.15) is 4.99 Å². The quantitative estimate of drug-likeness (QED) is 0.718. The van der Waals surface area contributed by atoms with E-state index < -0.39 is 0 Å². The van der Waals surface area contributed by atoms with Gasteiger partial charge < -0.3 is 10.2 Å². The molecule has 0 unspecified atom stereocenters. The van der Waals surface area contributed by atoms with Crippen molar-refractivity contribution in [3.63, 3.8) is 0 Å². The van der Waals surface area contributed by atoms with Gasteiger partial charge in [0.05, 0.1) is 0 Å². The summed E-state index contributed by atoms with van der Waals surface area (Å²) in [4.78, 5) is 24.5. The number of nitrogens with one attached hydrogen (secondary N) is 1. The standard InChI is InChI=1S/C19H17BrN4OS/c1-2-12-24-13-21-19(26-16-10-8-14(20)9-11-16)23-17(24)18(25)22-15-6-4-3-5-7-15/h2-11H,1,12-13H2,(H,22,25). The highest BCUT2D eigenvalue weighted by Gasteiger charge is 2.23. The molecule has 1 aliphatic rings. The summed E-state index contributed by atoms with van der Waals surface area (Å²) < 4.78 is 1.01. The lowest BCUT2D eigenvalue weighted by molar-refractivity contribution is -0.111.